The Bertz CT molecular complexity index is 1180. The molecule has 0 rings (SSSR count). The van der Waals surface area contributed by atoms with Crippen LogP contribution in [0.1, 0.15) is 278 Å². The zero-order valence-electron chi connectivity index (χ0n) is 43.0. The molecule has 0 fully saturated rings. The van der Waals surface area contributed by atoms with Gasteiger partial charge in [0.25, 0.3) is 0 Å². The van der Waals surface area contributed by atoms with Crippen LogP contribution in [-0.4, -0.2) is 37.2 Å². The summed E-state index contributed by atoms with van der Waals surface area (Å²) in [5.41, 5.74) is 0. The third-order valence-electron chi connectivity index (χ3n) is 12.0. The van der Waals surface area contributed by atoms with E-state index in [2.05, 4.69) is 81.5 Å². The van der Waals surface area contributed by atoms with Crippen molar-refractivity contribution >= 4 is 17.9 Å². The molecular weight excluding hydrogens is 805 g/mol. The average Bonchev–Trinajstić information content (AvgIpc) is 3.30. The molecule has 0 saturated heterocycles. The SMILES string of the molecule is CC/C=C\C/C=C\C/C=C\C/C=C\C/C=C\CCCCCC(=O)OCC(COC(=O)CCCCCCCCCCCC)OC(=O)CCCCCCCCCCCCCCCCCCCC. The zero-order valence-corrected chi connectivity index (χ0v) is 43.0. The summed E-state index contributed by atoms with van der Waals surface area (Å²) in [6, 6.07) is 0. The van der Waals surface area contributed by atoms with Crippen LogP contribution in [0.2, 0.25) is 0 Å². The third kappa shape index (κ3) is 51.9. The maximum Gasteiger partial charge on any atom is 0.306 e. The van der Waals surface area contributed by atoms with Crippen LogP contribution in [0.25, 0.3) is 0 Å². The number of carbonyl (C=O) groups is 3. The lowest BCUT2D eigenvalue weighted by molar-refractivity contribution is -0.167. The zero-order chi connectivity index (χ0) is 47.2. The Hall–Kier alpha value is -2.89. The summed E-state index contributed by atoms with van der Waals surface area (Å²) in [5.74, 6) is -0.905. The van der Waals surface area contributed by atoms with Gasteiger partial charge in [0.1, 0.15) is 13.2 Å². The van der Waals surface area contributed by atoms with E-state index in [0.717, 1.165) is 96.3 Å². The van der Waals surface area contributed by atoms with E-state index in [1.807, 2.05) is 0 Å². The van der Waals surface area contributed by atoms with Crippen molar-refractivity contribution in [2.45, 2.75) is 284 Å². The molecule has 0 N–H and O–H groups in total. The average molecular weight is 909 g/mol. The molecule has 0 heterocycles. The molecular formula is C59H104O6. The molecule has 376 valence electrons. The quantitative estimate of drug-likeness (QED) is 0.0262. The molecule has 0 aromatic carbocycles. The van der Waals surface area contributed by atoms with E-state index in [1.165, 1.54) is 141 Å². The van der Waals surface area contributed by atoms with Gasteiger partial charge in [-0.1, -0.05) is 255 Å². The van der Waals surface area contributed by atoms with E-state index in [1.54, 1.807) is 0 Å². The van der Waals surface area contributed by atoms with Crippen molar-refractivity contribution in [2.75, 3.05) is 13.2 Å². The van der Waals surface area contributed by atoms with Crippen molar-refractivity contribution in [1.82, 2.24) is 0 Å². The fourth-order valence-electron chi connectivity index (χ4n) is 7.88. The Labute approximate surface area is 402 Å². The number of hydrogen-bond donors (Lipinski definition) is 0. The molecule has 65 heavy (non-hydrogen) atoms. The van der Waals surface area contributed by atoms with Crippen molar-refractivity contribution in [3.63, 3.8) is 0 Å². The van der Waals surface area contributed by atoms with Crippen LogP contribution in [0.4, 0.5) is 0 Å². The molecule has 0 bridgehead atoms. The molecule has 0 aromatic rings. The van der Waals surface area contributed by atoms with Gasteiger partial charge in [-0.3, -0.25) is 14.4 Å². The Morgan fingerprint density at radius 3 is 0.938 bits per heavy atom. The van der Waals surface area contributed by atoms with Crippen LogP contribution < -0.4 is 0 Å². The molecule has 0 aliphatic carbocycles. The van der Waals surface area contributed by atoms with Gasteiger partial charge in [0.15, 0.2) is 6.10 Å². The first-order valence-electron chi connectivity index (χ1n) is 27.8. The number of carbonyl (C=O) groups excluding carboxylic acids is 3. The second-order valence-electron chi connectivity index (χ2n) is 18.5. The summed E-state index contributed by atoms with van der Waals surface area (Å²) in [6.07, 6.45) is 66.4. The molecule has 6 nitrogen and oxygen atoms in total. The van der Waals surface area contributed by atoms with E-state index < -0.39 is 6.10 Å². The predicted molar refractivity (Wildman–Crippen MR) is 279 cm³/mol. The molecule has 0 amide bonds. The second kappa shape index (κ2) is 53.7. The molecule has 6 heteroatoms. The highest BCUT2D eigenvalue weighted by molar-refractivity contribution is 5.71. The lowest BCUT2D eigenvalue weighted by atomic mass is 10.0. The summed E-state index contributed by atoms with van der Waals surface area (Å²) in [6.45, 7) is 6.51. The molecule has 0 aliphatic heterocycles. The first-order chi connectivity index (χ1) is 32.0. The number of ether oxygens (including phenoxy) is 3. The smallest absolute Gasteiger partial charge is 0.306 e. The van der Waals surface area contributed by atoms with Crippen molar-refractivity contribution in [3.8, 4) is 0 Å². The van der Waals surface area contributed by atoms with Crippen LogP contribution in [0.3, 0.4) is 0 Å². The van der Waals surface area contributed by atoms with E-state index in [4.69, 9.17) is 14.2 Å². The summed E-state index contributed by atoms with van der Waals surface area (Å²) in [7, 11) is 0. The van der Waals surface area contributed by atoms with E-state index >= 15 is 0 Å². The van der Waals surface area contributed by atoms with Gasteiger partial charge < -0.3 is 14.2 Å². The summed E-state index contributed by atoms with van der Waals surface area (Å²) >= 11 is 0. The predicted octanol–water partition coefficient (Wildman–Crippen LogP) is 18.4. The van der Waals surface area contributed by atoms with Gasteiger partial charge in [-0.15, -0.1) is 0 Å². The second-order valence-corrected chi connectivity index (χ2v) is 18.5. The Morgan fingerprint density at radius 1 is 0.323 bits per heavy atom. The van der Waals surface area contributed by atoms with Crippen molar-refractivity contribution in [2.24, 2.45) is 0 Å². The maximum atomic E-state index is 12.8. The largest absolute Gasteiger partial charge is 0.462 e. The third-order valence-corrected chi connectivity index (χ3v) is 12.0. The number of hydrogen-bond acceptors (Lipinski definition) is 6. The van der Waals surface area contributed by atoms with E-state index in [-0.39, 0.29) is 31.1 Å². The highest BCUT2D eigenvalue weighted by atomic mass is 16.6. The van der Waals surface area contributed by atoms with Gasteiger partial charge >= 0.3 is 17.9 Å². The highest BCUT2D eigenvalue weighted by Crippen LogP contribution is 2.16. The Balaban J connectivity index is 4.36. The highest BCUT2D eigenvalue weighted by Gasteiger charge is 2.19. The van der Waals surface area contributed by atoms with Gasteiger partial charge in [0.2, 0.25) is 0 Å². The fourth-order valence-corrected chi connectivity index (χ4v) is 7.88. The number of esters is 3. The van der Waals surface area contributed by atoms with Gasteiger partial charge in [-0.2, -0.15) is 0 Å². The molecule has 0 spiro atoms. The van der Waals surface area contributed by atoms with Crippen molar-refractivity contribution in [1.29, 1.82) is 0 Å². The fraction of sp³-hybridized carbons (Fsp3) is 0.780. The Kier molecular flexibility index (Phi) is 51.3. The van der Waals surface area contributed by atoms with Gasteiger partial charge in [0.05, 0.1) is 0 Å². The standard InChI is InChI=1S/C59H104O6/c1-4-7-10-13-16-19-22-24-26-28-30-32-33-35-37-40-43-46-49-52-58(61)64-55-56(54-63-57(60)51-48-45-42-39-21-18-15-12-9-6-3)65-59(62)53-50-47-44-41-38-36-34-31-29-27-25-23-20-17-14-11-8-5-2/h7,10,16,19,24,26,30,32,35,37,56H,4-6,8-9,11-15,17-18,20-23,25,27-29,31,33-34,36,38-55H2,1-3H3/b10-7-,19-16-,26-24-,32-30-,37-35-. The number of unbranched alkanes of at least 4 members (excludes halogenated alkanes) is 29. The van der Waals surface area contributed by atoms with Crippen molar-refractivity contribution < 1.29 is 28.6 Å². The minimum atomic E-state index is -0.783. The van der Waals surface area contributed by atoms with E-state index in [9.17, 15) is 14.4 Å². The van der Waals surface area contributed by atoms with E-state index in [0.29, 0.717) is 19.3 Å². The number of rotatable bonds is 50. The molecule has 0 saturated carbocycles. The van der Waals surface area contributed by atoms with Crippen LogP contribution >= 0.6 is 0 Å². The lowest BCUT2D eigenvalue weighted by Gasteiger charge is -2.18. The first kappa shape index (κ1) is 62.1. The van der Waals surface area contributed by atoms with Crippen molar-refractivity contribution in [3.05, 3.63) is 60.8 Å². The van der Waals surface area contributed by atoms with Crippen LogP contribution in [0, 0.1) is 0 Å². The van der Waals surface area contributed by atoms with Crippen LogP contribution in [0.5, 0.6) is 0 Å². The van der Waals surface area contributed by atoms with Crippen LogP contribution in [0.15, 0.2) is 60.8 Å². The monoisotopic (exact) mass is 909 g/mol. The lowest BCUT2D eigenvalue weighted by Crippen LogP contribution is -2.30. The molecule has 0 aliphatic rings. The van der Waals surface area contributed by atoms with Crippen LogP contribution in [-0.2, 0) is 28.6 Å². The molecule has 1 unspecified atom stereocenters. The van der Waals surface area contributed by atoms with Gasteiger partial charge in [-0.05, 0) is 64.2 Å². The summed E-state index contributed by atoms with van der Waals surface area (Å²) in [5, 5.41) is 0. The van der Waals surface area contributed by atoms with Gasteiger partial charge in [-0.25, -0.2) is 0 Å². The molecule has 0 aromatic heterocycles. The topological polar surface area (TPSA) is 78.9 Å². The first-order valence-corrected chi connectivity index (χ1v) is 27.8. The number of allylic oxidation sites excluding steroid dienone is 10. The normalized spacial score (nSPS) is 12.5. The minimum Gasteiger partial charge on any atom is -0.462 e. The molecule has 0 radical (unpaired) electrons. The molecule has 1 atom stereocenters. The maximum absolute atomic E-state index is 12.8. The summed E-state index contributed by atoms with van der Waals surface area (Å²) < 4.78 is 16.8. The summed E-state index contributed by atoms with van der Waals surface area (Å²) in [4.78, 5) is 38.0. The Morgan fingerprint density at radius 2 is 0.600 bits per heavy atom. The van der Waals surface area contributed by atoms with Gasteiger partial charge in [0, 0.05) is 19.3 Å². The minimum absolute atomic E-state index is 0.0814.